The van der Waals surface area contributed by atoms with Crippen molar-refractivity contribution in [2.75, 3.05) is 25.7 Å². The number of anilines is 1. The van der Waals surface area contributed by atoms with Crippen molar-refractivity contribution in [3.63, 3.8) is 0 Å². The maximum absolute atomic E-state index is 12.1. The third kappa shape index (κ3) is 2.38. The van der Waals surface area contributed by atoms with E-state index in [0.29, 0.717) is 18.1 Å². The molecule has 102 valence electrons. The first kappa shape index (κ1) is 13.3. The number of aryl methyl sites for hydroxylation is 1. The van der Waals surface area contributed by atoms with Crippen molar-refractivity contribution in [1.29, 1.82) is 0 Å². The third-order valence-corrected chi connectivity index (χ3v) is 3.22. The van der Waals surface area contributed by atoms with Crippen molar-refractivity contribution in [2.24, 2.45) is 5.92 Å². The quantitative estimate of drug-likeness (QED) is 0.759. The molecule has 2 rings (SSSR count). The van der Waals surface area contributed by atoms with Gasteiger partial charge >= 0.3 is 5.97 Å². The lowest BCUT2D eigenvalue weighted by molar-refractivity contribution is -0.145. The van der Waals surface area contributed by atoms with Crippen LogP contribution in [0.5, 0.6) is 5.88 Å². The molecule has 1 aliphatic heterocycles. The molecule has 1 fully saturated rings. The fraction of sp³-hybridized carbons (Fsp3) is 0.462. The molecule has 1 aromatic heterocycles. The van der Waals surface area contributed by atoms with Gasteiger partial charge < -0.3 is 14.4 Å². The molecule has 0 radical (unpaired) electrons. The number of ether oxygens (including phenoxy) is 2. The van der Waals surface area contributed by atoms with Crippen molar-refractivity contribution in [3.05, 3.63) is 17.8 Å². The zero-order chi connectivity index (χ0) is 14.0. The van der Waals surface area contributed by atoms with Crippen LogP contribution in [-0.4, -0.2) is 37.6 Å². The minimum atomic E-state index is -0.429. The minimum absolute atomic E-state index is 0.121. The van der Waals surface area contributed by atoms with Crippen LogP contribution in [0.1, 0.15) is 12.0 Å². The van der Waals surface area contributed by atoms with E-state index in [9.17, 15) is 9.59 Å². The van der Waals surface area contributed by atoms with Crippen molar-refractivity contribution in [2.45, 2.75) is 13.3 Å². The van der Waals surface area contributed by atoms with Crippen LogP contribution in [0, 0.1) is 12.8 Å². The number of hydrogen-bond donors (Lipinski definition) is 0. The predicted molar refractivity (Wildman–Crippen MR) is 68.0 cm³/mol. The molecule has 6 nitrogen and oxygen atoms in total. The van der Waals surface area contributed by atoms with Crippen LogP contribution in [0.4, 0.5) is 5.69 Å². The van der Waals surface area contributed by atoms with E-state index in [1.165, 1.54) is 14.2 Å². The highest BCUT2D eigenvalue weighted by Crippen LogP contribution is 2.34. The van der Waals surface area contributed by atoms with Gasteiger partial charge in [-0.05, 0) is 18.6 Å². The van der Waals surface area contributed by atoms with Crippen molar-refractivity contribution < 1.29 is 19.1 Å². The summed E-state index contributed by atoms with van der Waals surface area (Å²) in [6.45, 7) is 2.17. The number of methoxy groups -OCH3 is 2. The summed E-state index contributed by atoms with van der Waals surface area (Å²) in [5.74, 6) is -0.526. The van der Waals surface area contributed by atoms with E-state index < -0.39 is 5.92 Å². The van der Waals surface area contributed by atoms with E-state index in [0.717, 1.165) is 5.56 Å². The van der Waals surface area contributed by atoms with E-state index in [1.807, 2.05) is 6.92 Å². The van der Waals surface area contributed by atoms with Gasteiger partial charge in [-0.25, -0.2) is 4.98 Å². The Bertz CT molecular complexity index is 515. The number of hydrogen-bond acceptors (Lipinski definition) is 5. The average Bonchev–Trinajstić information content (AvgIpc) is 2.79. The summed E-state index contributed by atoms with van der Waals surface area (Å²) in [4.78, 5) is 29.2. The molecule has 6 heteroatoms. The van der Waals surface area contributed by atoms with Crippen LogP contribution >= 0.6 is 0 Å². The van der Waals surface area contributed by atoms with E-state index in [2.05, 4.69) is 9.72 Å². The summed E-state index contributed by atoms with van der Waals surface area (Å²) in [7, 11) is 2.83. The van der Waals surface area contributed by atoms with Crippen molar-refractivity contribution in [3.8, 4) is 5.88 Å². The SMILES string of the molecule is COC(=O)C1CC(=O)N(c2c(C)ccnc2OC)C1. The van der Waals surface area contributed by atoms with Crippen molar-refractivity contribution >= 4 is 17.6 Å². The Hall–Kier alpha value is -2.11. The lowest BCUT2D eigenvalue weighted by Gasteiger charge is -2.20. The Morgan fingerprint density at radius 3 is 2.84 bits per heavy atom. The fourth-order valence-corrected chi connectivity index (χ4v) is 2.25. The third-order valence-electron chi connectivity index (χ3n) is 3.22. The van der Waals surface area contributed by atoms with Gasteiger partial charge in [0, 0.05) is 19.2 Å². The van der Waals surface area contributed by atoms with Gasteiger partial charge in [-0.2, -0.15) is 0 Å². The highest BCUT2D eigenvalue weighted by molar-refractivity contribution is 6.00. The van der Waals surface area contributed by atoms with Crippen LogP contribution in [0.25, 0.3) is 0 Å². The molecule has 0 aliphatic carbocycles. The molecule has 0 saturated carbocycles. The highest BCUT2D eigenvalue weighted by Gasteiger charge is 2.37. The highest BCUT2D eigenvalue weighted by atomic mass is 16.5. The van der Waals surface area contributed by atoms with Crippen LogP contribution in [0.15, 0.2) is 12.3 Å². The number of rotatable bonds is 3. The fourth-order valence-electron chi connectivity index (χ4n) is 2.25. The predicted octanol–water partition coefficient (Wildman–Crippen LogP) is 0.925. The maximum Gasteiger partial charge on any atom is 0.311 e. The van der Waals surface area contributed by atoms with Gasteiger partial charge in [0.15, 0.2) is 0 Å². The molecule has 1 amide bonds. The number of esters is 1. The molecular weight excluding hydrogens is 248 g/mol. The number of carbonyl (C=O) groups is 2. The van der Waals surface area contributed by atoms with Gasteiger partial charge in [-0.15, -0.1) is 0 Å². The lowest BCUT2D eigenvalue weighted by Crippen LogP contribution is -2.27. The van der Waals surface area contributed by atoms with E-state index in [1.54, 1.807) is 17.2 Å². The second-order valence-electron chi connectivity index (χ2n) is 4.41. The van der Waals surface area contributed by atoms with Gasteiger partial charge in [0.05, 0.1) is 20.1 Å². The molecule has 2 heterocycles. The zero-order valence-electron chi connectivity index (χ0n) is 11.2. The Labute approximate surface area is 111 Å². The molecule has 0 aromatic carbocycles. The second kappa shape index (κ2) is 5.26. The van der Waals surface area contributed by atoms with E-state index in [-0.39, 0.29) is 18.3 Å². The van der Waals surface area contributed by atoms with Gasteiger partial charge in [-0.1, -0.05) is 0 Å². The summed E-state index contributed by atoms with van der Waals surface area (Å²) in [5, 5.41) is 0. The number of nitrogens with zero attached hydrogens (tertiary/aromatic N) is 2. The summed E-state index contributed by atoms with van der Waals surface area (Å²) in [6.07, 6.45) is 1.78. The maximum atomic E-state index is 12.1. The van der Waals surface area contributed by atoms with E-state index in [4.69, 9.17) is 4.74 Å². The van der Waals surface area contributed by atoms with Gasteiger partial charge in [0.25, 0.3) is 0 Å². The molecule has 0 bridgehead atoms. The van der Waals surface area contributed by atoms with Crippen molar-refractivity contribution in [1.82, 2.24) is 4.98 Å². The summed E-state index contributed by atoms with van der Waals surface area (Å²) >= 11 is 0. The number of carbonyl (C=O) groups excluding carboxylic acids is 2. The first-order chi connectivity index (χ1) is 9.08. The number of amides is 1. The molecule has 1 aliphatic rings. The molecule has 19 heavy (non-hydrogen) atoms. The Balaban J connectivity index is 2.33. The standard InChI is InChI=1S/C13H16N2O4/c1-8-4-5-14-12(18-2)11(8)15-7-9(6-10(15)16)13(17)19-3/h4-5,9H,6-7H2,1-3H3. The molecular formula is C13H16N2O4. The zero-order valence-corrected chi connectivity index (χ0v) is 11.2. The average molecular weight is 264 g/mol. The minimum Gasteiger partial charge on any atom is -0.480 e. The molecule has 0 N–H and O–H groups in total. The Morgan fingerprint density at radius 2 is 2.21 bits per heavy atom. The largest absolute Gasteiger partial charge is 0.480 e. The van der Waals surface area contributed by atoms with Gasteiger partial charge in [-0.3, -0.25) is 9.59 Å². The smallest absolute Gasteiger partial charge is 0.311 e. The normalized spacial score (nSPS) is 18.6. The number of pyridine rings is 1. The molecule has 1 saturated heterocycles. The molecule has 0 spiro atoms. The number of aromatic nitrogens is 1. The summed E-state index contributed by atoms with van der Waals surface area (Å²) in [6, 6.07) is 1.80. The van der Waals surface area contributed by atoms with Crippen LogP contribution < -0.4 is 9.64 Å². The van der Waals surface area contributed by atoms with Crippen LogP contribution in [0.3, 0.4) is 0 Å². The topological polar surface area (TPSA) is 68.7 Å². The van der Waals surface area contributed by atoms with Gasteiger partial charge in [0.1, 0.15) is 5.69 Å². The Morgan fingerprint density at radius 1 is 1.47 bits per heavy atom. The van der Waals surface area contributed by atoms with Gasteiger partial charge in [0.2, 0.25) is 11.8 Å². The molecule has 1 atom stereocenters. The molecule has 1 unspecified atom stereocenters. The Kier molecular flexibility index (Phi) is 3.69. The van der Waals surface area contributed by atoms with Crippen LogP contribution in [0.2, 0.25) is 0 Å². The summed E-state index contributed by atoms with van der Waals surface area (Å²) < 4.78 is 9.88. The first-order valence-electron chi connectivity index (χ1n) is 5.96. The summed E-state index contributed by atoms with van der Waals surface area (Å²) in [5.41, 5.74) is 1.51. The monoisotopic (exact) mass is 264 g/mol. The van der Waals surface area contributed by atoms with E-state index >= 15 is 0 Å². The second-order valence-corrected chi connectivity index (χ2v) is 4.41. The first-order valence-corrected chi connectivity index (χ1v) is 5.96. The molecule has 1 aromatic rings. The lowest BCUT2D eigenvalue weighted by atomic mass is 10.1. The van der Waals surface area contributed by atoms with Crippen LogP contribution in [-0.2, 0) is 14.3 Å².